The van der Waals surface area contributed by atoms with E-state index in [1.807, 2.05) is 31.2 Å². The molecule has 3 N–H and O–H groups in total. The number of fused-ring (bicyclic) bond motifs is 3. The molecule has 1 amide bonds. The smallest absolute Gasteiger partial charge is 0.287 e. The van der Waals surface area contributed by atoms with Crippen LogP contribution in [0.2, 0.25) is 0 Å². The largest absolute Gasteiger partial charge is 0.451 e. The van der Waals surface area contributed by atoms with E-state index in [0.29, 0.717) is 23.6 Å². The van der Waals surface area contributed by atoms with Crippen LogP contribution in [0, 0.1) is 18.8 Å². The lowest BCUT2D eigenvalue weighted by molar-refractivity contribution is 0.0734. The summed E-state index contributed by atoms with van der Waals surface area (Å²) in [5.41, 5.74) is 8.03. The number of nitrogens with one attached hydrogen (secondary N) is 1. The van der Waals surface area contributed by atoms with E-state index in [1.165, 1.54) is 19.3 Å². The molecule has 2 atom stereocenters. The first kappa shape index (κ1) is 17.3. The van der Waals surface area contributed by atoms with Crippen LogP contribution in [0.15, 0.2) is 28.7 Å². The van der Waals surface area contributed by atoms with Gasteiger partial charge in [0.1, 0.15) is 5.58 Å². The lowest BCUT2D eigenvalue weighted by atomic mass is 9.67. The van der Waals surface area contributed by atoms with E-state index in [-0.39, 0.29) is 24.4 Å². The zero-order valence-corrected chi connectivity index (χ0v) is 14.8. The van der Waals surface area contributed by atoms with Gasteiger partial charge in [0.05, 0.1) is 0 Å². The summed E-state index contributed by atoms with van der Waals surface area (Å²) >= 11 is 0. The Morgan fingerprint density at radius 3 is 2.62 bits per heavy atom. The van der Waals surface area contributed by atoms with E-state index in [9.17, 15) is 4.79 Å². The molecule has 130 valence electrons. The highest BCUT2D eigenvalue weighted by Crippen LogP contribution is 2.39. The predicted octanol–water partition coefficient (Wildman–Crippen LogP) is 3.80. The number of hydrogen-bond donors (Lipinski definition) is 2. The Hall–Kier alpha value is -1.52. The van der Waals surface area contributed by atoms with Crippen LogP contribution in [-0.4, -0.2) is 18.0 Å². The minimum absolute atomic E-state index is 0. The molecule has 2 aliphatic carbocycles. The van der Waals surface area contributed by atoms with Gasteiger partial charge in [-0.15, -0.1) is 12.4 Å². The standard InChI is InChI=1S/C19H24N2O2.ClH/c1-11-4-2-7-14-10-16(23-18(11)14)19(22)21-17-12-5-3-6-13(17)9-15(20)8-12;/h2,4,7,10,12-13,15,17H,3,5-6,8-9,20H2,1H3,(H,21,22);1H. The third-order valence-corrected chi connectivity index (χ3v) is 5.64. The molecule has 0 spiro atoms. The Kier molecular flexibility index (Phi) is 4.88. The van der Waals surface area contributed by atoms with Crippen LogP contribution in [0.25, 0.3) is 11.0 Å². The number of para-hydroxylation sites is 1. The van der Waals surface area contributed by atoms with Gasteiger partial charge in [0.25, 0.3) is 5.91 Å². The van der Waals surface area contributed by atoms with E-state index in [1.54, 1.807) is 0 Å². The molecular formula is C19H25ClN2O2. The first-order valence-corrected chi connectivity index (χ1v) is 8.67. The molecular weight excluding hydrogens is 324 g/mol. The maximum atomic E-state index is 12.7. The second kappa shape index (κ2) is 6.77. The highest BCUT2D eigenvalue weighted by Gasteiger charge is 2.40. The van der Waals surface area contributed by atoms with E-state index >= 15 is 0 Å². The zero-order valence-electron chi connectivity index (χ0n) is 14.0. The SMILES string of the molecule is Cc1cccc2cc(C(=O)NC3C4CCCC3CC(N)C4)oc12.Cl. The molecule has 0 saturated heterocycles. The quantitative estimate of drug-likeness (QED) is 0.867. The van der Waals surface area contributed by atoms with Gasteiger partial charge < -0.3 is 15.5 Å². The average Bonchev–Trinajstić information content (AvgIpc) is 2.94. The molecule has 1 aromatic carbocycles. The van der Waals surface area contributed by atoms with Gasteiger partial charge in [-0.1, -0.05) is 24.6 Å². The molecule has 1 aromatic heterocycles. The van der Waals surface area contributed by atoms with Crippen molar-refractivity contribution < 1.29 is 9.21 Å². The third kappa shape index (κ3) is 3.05. The van der Waals surface area contributed by atoms with Crippen molar-refractivity contribution >= 4 is 29.3 Å². The van der Waals surface area contributed by atoms with Crippen LogP contribution in [0.1, 0.15) is 48.2 Å². The highest BCUT2D eigenvalue weighted by atomic mass is 35.5. The summed E-state index contributed by atoms with van der Waals surface area (Å²) in [5.74, 6) is 1.38. The number of furan rings is 1. The third-order valence-electron chi connectivity index (χ3n) is 5.64. The number of carbonyl (C=O) groups is 1. The second-order valence-electron chi connectivity index (χ2n) is 7.29. The van der Waals surface area contributed by atoms with Crippen molar-refractivity contribution in [3.8, 4) is 0 Å². The summed E-state index contributed by atoms with van der Waals surface area (Å²) < 4.78 is 5.81. The summed E-state index contributed by atoms with van der Waals surface area (Å²) in [5, 5.41) is 4.24. The van der Waals surface area contributed by atoms with Gasteiger partial charge in [-0.2, -0.15) is 0 Å². The number of amides is 1. The molecule has 2 aromatic rings. The van der Waals surface area contributed by atoms with Crippen LogP contribution in [-0.2, 0) is 0 Å². The van der Waals surface area contributed by atoms with Crippen LogP contribution < -0.4 is 11.1 Å². The molecule has 4 nitrogen and oxygen atoms in total. The van der Waals surface area contributed by atoms with Crippen molar-refractivity contribution in [2.45, 2.75) is 51.1 Å². The number of benzene rings is 1. The molecule has 4 rings (SSSR count). The summed E-state index contributed by atoms with van der Waals surface area (Å²) in [6.45, 7) is 2.00. The lowest BCUT2D eigenvalue weighted by Gasteiger charge is -2.45. The summed E-state index contributed by atoms with van der Waals surface area (Å²) in [6, 6.07) is 8.37. The molecule has 2 unspecified atom stereocenters. The minimum atomic E-state index is -0.0852. The van der Waals surface area contributed by atoms with E-state index in [0.717, 1.165) is 29.4 Å². The van der Waals surface area contributed by atoms with Crippen molar-refractivity contribution in [2.75, 3.05) is 0 Å². The van der Waals surface area contributed by atoms with Crippen molar-refractivity contribution in [1.29, 1.82) is 0 Å². The topological polar surface area (TPSA) is 68.3 Å². The highest BCUT2D eigenvalue weighted by molar-refractivity contribution is 5.96. The van der Waals surface area contributed by atoms with Crippen molar-refractivity contribution in [3.63, 3.8) is 0 Å². The Balaban J connectivity index is 0.00000169. The Morgan fingerprint density at radius 1 is 1.25 bits per heavy atom. The number of carbonyl (C=O) groups excluding carboxylic acids is 1. The Morgan fingerprint density at radius 2 is 1.96 bits per heavy atom. The van der Waals surface area contributed by atoms with Gasteiger partial charge >= 0.3 is 0 Å². The number of hydrogen-bond acceptors (Lipinski definition) is 3. The second-order valence-corrected chi connectivity index (χ2v) is 7.29. The van der Waals surface area contributed by atoms with Gasteiger partial charge in [0.2, 0.25) is 0 Å². The normalized spacial score (nSPS) is 29.1. The fraction of sp³-hybridized carbons (Fsp3) is 0.526. The van der Waals surface area contributed by atoms with Crippen LogP contribution >= 0.6 is 12.4 Å². The van der Waals surface area contributed by atoms with Crippen LogP contribution in [0.4, 0.5) is 0 Å². The molecule has 2 bridgehead atoms. The minimum Gasteiger partial charge on any atom is -0.451 e. The first-order valence-electron chi connectivity index (χ1n) is 8.67. The van der Waals surface area contributed by atoms with Crippen LogP contribution in [0.5, 0.6) is 0 Å². The van der Waals surface area contributed by atoms with E-state index in [4.69, 9.17) is 10.2 Å². The van der Waals surface area contributed by atoms with Crippen molar-refractivity contribution in [2.24, 2.45) is 17.6 Å². The maximum Gasteiger partial charge on any atom is 0.287 e. The first-order chi connectivity index (χ1) is 11.1. The van der Waals surface area contributed by atoms with E-state index in [2.05, 4.69) is 5.32 Å². The summed E-state index contributed by atoms with van der Waals surface area (Å²) in [6.07, 6.45) is 5.67. The molecule has 24 heavy (non-hydrogen) atoms. The average molecular weight is 349 g/mol. The predicted molar refractivity (Wildman–Crippen MR) is 97.5 cm³/mol. The van der Waals surface area contributed by atoms with E-state index < -0.39 is 0 Å². The monoisotopic (exact) mass is 348 g/mol. The number of halogens is 1. The van der Waals surface area contributed by atoms with Crippen LogP contribution in [0.3, 0.4) is 0 Å². The van der Waals surface area contributed by atoms with Gasteiger partial charge in [0.15, 0.2) is 5.76 Å². The molecule has 5 heteroatoms. The molecule has 2 fully saturated rings. The van der Waals surface area contributed by atoms with Gasteiger partial charge in [-0.05, 0) is 56.1 Å². The molecule has 2 aliphatic rings. The fourth-order valence-corrected chi connectivity index (χ4v) is 4.57. The Labute approximate surface area is 148 Å². The van der Waals surface area contributed by atoms with Crippen molar-refractivity contribution in [3.05, 3.63) is 35.6 Å². The van der Waals surface area contributed by atoms with Crippen molar-refractivity contribution in [1.82, 2.24) is 5.32 Å². The maximum absolute atomic E-state index is 12.7. The summed E-state index contributed by atoms with van der Waals surface area (Å²) in [4.78, 5) is 12.7. The summed E-state index contributed by atoms with van der Waals surface area (Å²) in [7, 11) is 0. The van der Waals surface area contributed by atoms with Gasteiger partial charge in [-0.3, -0.25) is 4.79 Å². The lowest BCUT2D eigenvalue weighted by Crippen LogP contribution is -2.53. The number of aryl methyl sites for hydroxylation is 1. The number of rotatable bonds is 2. The van der Waals surface area contributed by atoms with Gasteiger partial charge in [0, 0.05) is 17.5 Å². The number of nitrogens with two attached hydrogens (primary N) is 1. The zero-order chi connectivity index (χ0) is 16.0. The van der Waals surface area contributed by atoms with Gasteiger partial charge in [-0.25, -0.2) is 0 Å². The fourth-order valence-electron chi connectivity index (χ4n) is 4.57. The molecule has 1 heterocycles. The molecule has 0 aliphatic heterocycles. The Bertz CT molecular complexity index is 728. The molecule has 0 radical (unpaired) electrons. The molecule has 2 saturated carbocycles.